The highest BCUT2D eigenvalue weighted by molar-refractivity contribution is 5.85. The van der Waals surface area contributed by atoms with Crippen LogP contribution in [0.15, 0.2) is 29.3 Å². The summed E-state index contributed by atoms with van der Waals surface area (Å²) in [5.74, 6) is 0. The number of aromatic nitrogens is 4. The standard InChI is InChI=1S/C16H16N4O2/c21-16-13(19-14(20-16)10-3-6-22-7-4-10)8-11-9-18-15-12(11)2-1-5-17-15/h1-2,5,8-9,19H,3-4,6-7H2,(H,17,18)(H,20,21)/b13-8-. The summed E-state index contributed by atoms with van der Waals surface area (Å²) in [6.07, 6.45) is 7.16. The lowest BCUT2D eigenvalue weighted by Gasteiger charge is -2.12. The van der Waals surface area contributed by atoms with Crippen LogP contribution in [0.2, 0.25) is 0 Å². The smallest absolute Gasteiger partial charge is 0.273 e. The Bertz CT molecular complexity index is 985. The normalized spacial score (nSPS) is 16.5. The molecule has 4 heterocycles. The molecule has 0 bridgehead atoms. The maximum Gasteiger partial charge on any atom is 0.273 e. The number of nitrogens with zero attached hydrogens (tertiary/aromatic N) is 1. The minimum Gasteiger partial charge on any atom is -0.381 e. The van der Waals surface area contributed by atoms with Gasteiger partial charge in [0.25, 0.3) is 5.56 Å². The zero-order valence-electron chi connectivity index (χ0n) is 12.0. The lowest BCUT2D eigenvalue weighted by molar-refractivity contribution is 0.129. The van der Waals surface area contributed by atoms with E-state index in [0.29, 0.717) is 18.6 Å². The summed E-state index contributed by atoms with van der Waals surface area (Å²) in [7, 11) is 0. The van der Waals surface area contributed by atoms with Crippen molar-refractivity contribution in [1.29, 1.82) is 0 Å². The molecule has 3 N–H and O–H groups in total. The third-order valence-corrected chi connectivity index (χ3v) is 3.98. The molecular formula is C16H16N4O2. The van der Waals surface area contributed by atoms with Crippen LogP contribution in [0.4, 0.5) is 0 Å². The number of hydrogen-bond donors (Lipinski definition) is 3. The molecule has 1 aliphatic heterocycles. The van der Waals surface area contributed by atoms with Crippen molar-refractivity contribution < 1.29 is 4.74 Å². The van der Waals surface area contributed by atoms with Crippen LogP contribution in [0.3, 0.4) is 0 Å². The first-order valence-corrected chi connectivity index (χ1v) is 7.33. The van der Waals surface area contributed by atoms with Gasteiger partial charge in [-0.2, -0.15) is 0 Å². The molecule has 22 heavy (non-hydrogen) atoms. The van der Waals surface area contributed by atoms with Gasteiger partial charge in [-0.05, 0) is 36.6 Å². The van der Waals surface area contributed by atoms with Crippen LogP contribution in [-0.2, 0) is 4.74 Å². The Morgan fingerprint density at radius 1 is 1.23 bits per heavy atom. The van der Waals surface area contributed by atoms with Crippen LogP contribution in [0.25, 0.3) is 22.7 Å². The number of imidazole rings is 1. The first-order valence-electron chi connectivity index (χ1n) is 7.33. The predicted octanol–water partition coefficient (Wildman–Crippen LogP) is 0.369. The van der Waals surface area contributed by atoms with Gasteiger partial charge in [0.2, 0.25) is 0 Å². The fraction of sp³-hybridized carbons (Fsp3) is 0.250. The van der Waals surface area contributed by atoms with Crippen molar-refractivity contribution in [2.75, 3.05) is 13.2 Å². The number of hydrogen-bond acceptors (Lipinski definition) is 3. The van der Waals surface area contributed by atoms with E-state index in [4.69, 9.17) is 4.74 Å². The van der Waals surface area contributed by atoms with Crippen LogP contribution in [0, 0.1) is 0 Å². The van der Waals surface area contributed by atoms with Crippen molar-refractivity contribution in [1.82, 2.24) is 19.9 Å². The van der Waals surface area contributed by atoms with Gasteiger partial charge in [0.1, 0.15) is 16.5 Å². The Morgan fingerprint density at radius 2 is 2.09 bits per heavy atom. The molecule has 3 aromatic heterocycles. The van der Waals surface area contributed by atoms with Crippen LogP contribution in [0.5, 0.6) is 0 Å². The number of ether oxygens (including phenoxy) is 1. The minimum absolute atomic E-state index is 0.104. The van der Waals surface area contributed by atoms with Gasteiger partial charge < -0.3 is 19.7 Å². The summed E-state index contributed by atoms with van der Waals surface area (Å²) in [4.78, 5) is 25.6. The molecule has 6 nitrogen and oxygen atoms in total. The van der Waals surface area contributed by atoms with E-state index in [-0.39, 0.29) is 5.56 Å². The number of rotatable bonds is 1. The Hall–Kier alpha value is -2.60. The van der Waals surface area contributed by atoms with Crippen molar-refractivity contribution in [3.63, 3.8) is 0 Å². The highest BCUT2D eigenvalue weighted by atomic mass is 16.5. The molecule has 0 spiro atoms. The van der Waals surface area contributed by atoms with E-state index in [2.05, 4.69) is 19.9 Å². The zero-order chi connectivity index (χ0) is 14.9. The van der Waals surface area contributed by atoms with Crippen molar-refractivity contribution in [3.8, 4) is 0 Å². The molecule has 112 valence electrons. The van der Waals surface area contributed by atoms with Gasteiger partial charge in [0.15, 0.2) is 0 Å². The molecule has 0 unspecified atom stereocenters. The highest BCUT2D eigenvalue weighted by Crippen LogP contribution is 2.15. The average molecular weight is 296 g/mol. The minimum atomic E-state index is -0.104. The van der Waals surface area contributed by atoms with Gasteiger partial charge in [-0.15, -0.1) is 0 Å². The first-order chi connectivity index (χ1) is 10.8. The van der Waals surface area contributed by atoms with E-state index < -0.39 is 0 Å². The van der Waals surface area contributed by atoms with E-state index in [1.807, 2.05) is 24.4 Å². The highest BCUT2D eigenvalue weighted by Gasteiger charge is 2.08. The monoisotopic (exact) mass is 296 g/mol. The number of H-pyrrole nitrogens is 3. The fourth-order valence-corrected chi connectivity index (χ4v) is 2.80. The largest absolute Gasteiger partial charge is 0.381 e. The fourth-order valence-electron chi connectivity index (χ4n) is 2.80. The summed E-state index contributed by atoms with van der Waals surface area (Å²) in [5.41, 5.74) is 3.68. The van der Waals surface area contributed by atoms with Gasteiger partial charge in [-0.25, -0.2) is 4.98 Å². The predicted molar refractivity (Wildman–Crippen MR) is 83.8 cm³/mol. The molecule has 3 aromatic rings. The molecule has 1 fully saturated rings. The number of fused-ring (bicyclic) bond motifs is 1. The van der Waals surface area contributed by atoms with Crippen LogP contribution in [0.1, 0.15) is 18.4 Å². The number of nitrogens with one attached hydrogen (secondary N) is 3. The van der Waals surface area contributed by atoms with Crippen LogP contribution >= 0.6 is 0 Å². The topological polar surface area (TPSA) is 86.6 Å². The maximum atomic E-state index is 12.2. The van der Waals surface area contributed by atoms with E-state index in [1.54, 1.807) is 6.20 Å². The molecule has 1 aliphatic rings. The second-order valence-corrected chi connectivity index (χ2v) is 5.37. The summed E-state index contributed by atoms with van der Waals surface area (Å²) < 4.78 is 5.35. The van der Waals surface area contributed by atoms with E-state index in [9.17, 15) is 4.79 Å². The van der Waals surface area contributed by atoms with E-state index >= 15 is 0 Å². The molecule has 4 rings (SSSR count). The summed E-state index contributed by atoms with van der Waals surface area (Å²) in [6.45, 7) is 1.42. The molecule has 0 aromatic carbocycles. The third kappa shape index (κ3) is 2.27. The van der Waals surface area contributed by atoms with Gasteiger partial charge in [-0.3, -0.25) is 4.79 Å². The van der Waals surface area contributed by atoms with Gasteiger partial charge in [0, 0.05) is 23.3 Å². The molecule has 0 radical (unpaired) electrons. The van der Waals surface area contributed by atoms with Crippen molar-refractivity contribution in [2.45, 2.75) is 12.8 Å². The number of aromatic amines is 3. The average Bonchev–Trinajstić information content (AvgIpc) is 3.13. The number of pyridine rings is 1. The lowest BCUT2D eigenvalue weighted by Crippen LogP contribution is -2.22. The Labute approximate surface area is 125 Å². The second-order valence-electron chi connectivity index (χ2n) is 5.37. The molecule has 6 heteroatoms. The van der Waals surface area contributed by atoms with Gasteiger partial charge >= 0.3 is 0 Å². The molecule has 0 saturated carbocycles. The molecular weight excluding hydrogens is 280 g/mol. The summed E-state index contributed by atoms with van der Waals surface area (Å²) in [6, 6.07) is 3.87. The molecule has 1 saturated heterocycles. The maximum absolute atomic E-state index is 12.2. The third-order valence-electron chi connectivity index (χ3n) is 3.98. The summed E-state index contributed by atoms with van der Waals surface area (Å²) >= 11 is 0. The van der Waals surface area contributed by atoms with Gasteiger partial charge in [0.05, 0.1) is 13.2 Å². The quantitative estimate of drug-likeness (QED) is 0.606. The van der Waals surface area contributed by atoms with Crippen LogP contribution in [-0.4, -0.2) is 33.1 Å². The van der Waals surface area contributed by atoms with E-state index in [1.165, 1.54) is 5.57 Å². The van der Waals surface area contributed by atoms with Crippen molar-refractivity contribution in [2.24, 2.45) is 0 Å². The first kappa shape index (κ1) is 13.1. The Balaban J connectivity index is 1.86. The molecule has 0 aliphatic carbocycles. The molecule has 0 amide bonds. The SMILES string of the molecule is O=c1[nH]c(=C2CCOCC2)[nH]/c1=C\c1c[nH]c2ncccc12. The van der Waals surface area contributed by atoms with Crippen molar-refractivity contribution in [3.05, 3.63) is 51.3 Å². The zero-order valence-corrected chi connectivity index (χ0v) is 12.0. The lowest BCUT2D eigenvalue weighted by atomic mass is 10.1. The Morgan fingerprint density at radius 3 is 2.95 bits per heavy atom. The van der Waals surface area contributed by atoms with Crippen molar-refractivity contribution >= 4 is 22.7 Å². The van der Waals surface area contributed by atoms with E-state index in [0.717, 1.165) is 34.9 Å². The van der Waals surface area contributed by atoms with Gasteiger partial charge in [-0.1, -0.05) is 0 Å². The Kier molecular flexibility index (Phi) is 3.16. The second kappa shape index (κ2) is 5.31. The molecule has 0 atom stereocenters. The summed E-state index contributed by atoms with van der Waals surface area (Å²) in [5, 5.41) is 1.55. The van der Waals surface area contributed by atoms with Crippen LogP contribution < -0.4 is 16.4 Å².